The van der Waals surface area contributed by atoms with E-state index in [4.69, 9.17) is 4.42 Å². The van der Waals surface area contributed by atoms with Crippen LogP contribution in [0, 0.1) is 0 Å². The molecule has 2 rings (SSSR count). The average Bonchev–Trinajstić information content (AvgIpc) is 2.71. The number of pyridine rings is 1. The van der Waals surface area contributed by atoms with Crippen LogP contribution in [-0.4, -0.2) is 32.0 Å². The summed E-state index contributed by atoms with van der Waals surface area (Å²) in [6, 6.07) is 4.94. The van der Waals surface area contributed by atoms with Crippen molar-refractivity contribution in [3.63, 3.8) is 0 Å². The molecule has 0 aliphatic rings. The Balaban J connectivity index is 1.91. The lowest BCUT2D eigenvalue weighted by Crippen LogP contribution is -2.35. The van der Waals surface area contributed by atoms with Gasteiger partial charge in [-0.1, -0.05) is 23.3 Å². The summed E-state index contributed by atoms with van der Waals surface area (Å²) in [7, 11) is 0. The number of allylic oxidation sites excluding steroid dienone is 4. The molecule has 31 heavy (non-hydrogen) atoms. The lowest BCUT2D eigenvalue weighted by atomic mass is 9.95. The van der Waals surface area contributed by atoms with E-state index in [-0.39, 0.29) is 17.1 Å². The van der Waals surface area contributed by atoms with Crippen LogP contribution in [0.25, 0.3) is 11.3 Å². The Kier molecular flexibility index (Phi) is 8.77. The maximum atomic E-state index is 12.3. The van der Waals surface area contributed by atoms with E-state index in [2.05, 4.69) is 11.1 Å². The topological polar surface area (TPSA) is 104 Å². The van der Waals surface area contributed by atoms with Crippen molar-refractivity contribution in [2.75, 3.05) is 0 Å². The molecule has 6 heteroatoms. The molecular weight excluding hydrogens is 394 g/mol. The van der Waals surface area contributed by atoms with Crippen LogP contribution in [0.5, 0.6) is 5.75 Å². The Morgan fingerprint density at radius 1 is 1.23 bits per heavy atom. The van der Waals surface area contributed by atoms with Crippen molar-refractivity contribution in [2.45, 2.75) is 71.5 Å². The van der Waals surface area contributed by atoms with Crippen LogP contribution < -0.4 is 5.63 Å². The third-order valence-electron chi connectivity index (χ3n) is 5.29. The quantitative estimate of drug-likeness (QED) is 0.481. The molecule has 0 saturated heterocycles. The van der Waals surface area contributed by atoms with Crippen molar-refractivity contribution < 1.29 is 19.7 Å². The van der Waals surface area contributed by atoms with Gasteiger partial charge < -0.3 is 19.7 Å². The summed E-state index contributed by atoms with van der Waals surface area (Å²) in [6.45, 7) is 7.22. The molecule has 1 atom stereocenters. The number of nitrogens with zero attached hydrogens (tertiary/aromatic N) is 1. The van der Waals surface area contributed by atoms with E-state index >= 15 is 0 Å². The van der Waals surface area contributed by atoms with E-state index in [1.54, 1.807) is 38.4 Å². The lowest BCUT2D eigenvalue weighted by Gasteiger charge is -2.24. The van der Waals surface area contributed by atoms with E-state index in [0.717, 1.165) is 24.8 Å². The molecule has 3 N–H and O–H groups in total. The van der Waals surface area contributed by atoms with Crippen LogP contribution >= 0.6 is 0 Å². The smallest absolute Gasteiger partial charge is 0.343 e. The monoisotopic (exact) mass is 427 g/mol. The molecule has 0 aromatic carbocycles. The Morgan fingerprint density at radius 3 is 2.55 bits per heavy atom. The second kappa shape index (κ2) is 11.1. The first kappa shape index (κ1) is 24.6. The second-order valence-electron chi connectivity index (χ2n) is 8.56. The number of rotatable bonds is 10. The summed E-state index contributed by atoms with van der Waals surface area (Å²) in [4.78, 5) is 16.3. The summed E-state index contributed by atoms with van der Waals surface area (Å²) in [5, 5.41) is 30.0. The van der Waals surface area contributed by atoms with E-state index in [1.807, 2.05) is 19.9 Å². The van der Waals surface area contributed by atoms with Gasteiger partial charge in [-0.3, -0.25) is 4.98 Å². The molecule has 0 saturated carbocycles. The van der Waals surface area contributed by atoms with Crippen molar-refractivity contribution in [1.29, 1.82) is 0 Å². The highest BCUT2D eigenvalue weighted by atomic mass is 16.4. The minimum Gasteiger partial charge on any atom is -0.507 e. The molecular formula is C25H33NO5. The zero-order valence-corrected chi connectivity index (χ0v) is 18.8. The Morgan fingerprint density at radius 2 is 1.94 bits per heavy atom. The minimum atomic E-state index is -1.09. The summed E-state index contributed by atoms with van der Waals surface area (Å²) >= 11 is 0. The Labute approximate surface area is 183 Å². The predicted molar refractivity (Wildman–Crippen MR) is 122 cm³/mol. The largest absolute Gasteiger partial charge is 0.507 e. The standard InChI is InChI=1S/C25H33NO5/c1-17(7-5-8-18(2)11-13-23(28)25(3,4)30)10-12-20-21(27)15-22(31-24(20)29)19-9-6-14-26-16-19/h6,8-10,14-16,23,27-28,30H,5,7,11-13H2,1-4H3/b17-10+,18-8+. The minimum absolute atomic E-state index is 0.0831. The summed E-state index contributed by atoms with van der Waals surface area (Å²) in [5.41, 5.74) is 1.50. The van der Waals surface area contributed by atoms with Gasteiger partial charge in [0.1, 0.15) is 11.5 Å². The van der Waals surface area contributed by atoms with Gasteiger partial charge in [-0.2, -0.15) is 0 Å². The molecule has 2 heterocycles. The van der Waals surface area contributed by atoms with Gasteiger partial charge in [0.2, 0.25) is 0 Å². The summed E-state index contributed by atoms with van der Waals surface area (Å²) in [6.07, 6.45) is 9.71. The molecule has 0 aliphatic heterocycles. The van der Waals surface area contributed by atoms with Gasteiger partial charge in [-0.05, 0) is 65.5 Å². The van der Waals surface area contributed by atoms with Crippen molar-refractivity contribution in [2.24, 2.45) is 0 Å². The predicted octanol–water partition coefficient (Wildman–Crippen LogP) is 4.53. The summed E-state index contributed by atoms with van der Waals surface area (Å²) < 4.78 is 5.36. The Bertz CT molecular complexity index is 968. The number of aromatic nitrogens is 1. The molecule has 168 valence electrons. The molecule has 2 aromatic heterocycles. The molecule has 0 radical (unpaired) electrons. The van der Waals surface area contributed by atoms with Crippen LogP contribution in [0.1, 0.15) is 58.9 Å². The van der Waals surface area contributed by atoms with Crippen LogP contribution in [-0.2, 0) is 6.42 Å². The zero-order valence-electron chi connectivity index (χ0n) is 18.8. The zero-order chi connectivity index (χ0) is 23.0. The Hall–Kier alpha value is -2.70. The van der Waals surface area contributed by atoms with Gasteiger partial charge in [-0.25, -0.2) is 4.79 Å². The third-order valence-corrected chi connectivity index (χ3v) is 5.29. The molecule has 0 aliphatic carbocycles. The fourth-order valence-electron chi connectivity index (χ4n) is 3.09. The van der Waals surface area contributed by atoms with Gasteiger partial charge in [0.25, 0.3) is 0 Å². The number of aliphatic hydroxyl groups is 2. The average molecular weight is 428 g/mol. The highest BCUT2D eigenvalue weighted by Crippen LogP contribution is 2.24. The first-order valence-corrected chi connectivity index (χ1v) is 10.6. The highest BCUT2D eigenvalue weighted by molar-refractivity contribution is 5.57. The SMILES string of the molecule is C/C(=C\Cc1c(O)cc(-c2cccnc2)oc1=O)CC/C=C(\C)CCC(O)C(C)(C)O. The molecule has 0 spiro atoms. The fraction of sp³-hybridized carbons (Fsp3) is 0.440. The highest BCUT2D eigenvalue weighted by Gasteiger charge is 2.23. The van der Waals surface area contributed by atoms with Gasteiger partial charge in [-0.15, -0.1) is 0 Å². The van der Waals surface area contributed by atoms with Crippen molar-refractivity contribution in [3.8, 4) is 17.1 Å². The normalized spacial score (nSPS) is 14.0. The molecule has 0 amide bonds. The van der Waals surface area contributed by atoms with E-state index in [1.165, 1.54) is 11.6 Å². The molecule has 0 bridgehead atoms. The number of aromatic hydroxyl groups is 1. The van der Waals surface area contributed by atoms with E-state index in [0.29, 0.717) is 18.4 Å². The van der Waals surface area contributed by atoms with Gasteiger partial charge >= 0.3 is 5.63 Å². The first-order valence-electron chi connectivity index (χ1n) is 10.6. The lowest BCUT2D eigenvalue weighted by molar-refractivity contribution is -0.0509. The van der Waals surface area contributed by atoms with Crippen molar-refractivity contribution >= 4 is 0 Å². The summed E-state index contributed by atoms with van der Waals surface area (Å²) in [5.74, 6) is 0.204. The van der Waals surface area contributed by atoms with E-state index in [9.17, 15) is 20.1 Å². The molecule has 1 unspecified atom stereocenters. The van der Waals surface area contributed by atoms with Gasteiger partial charge in [0.05, 0.1) is 17.3 Å². The molecule has 0 fully saturated rings. The second-order valence-corrected chi connectivity index (χ2v) is 8.56. The number of hydrogen-bond donors (Lipinski definition) is 3. The fourth-order valence-corrected chi connectivity index (χ4v) is 3.09. The van der Waals surface area contributed by atoms with Gasteiger partial charge in [0, 0.05) is 30.4 Å². The van der Waals surface area contributed by atoms with Crippen molar-refractivity contribution in [1.82, 2.24) is 4.98 Å². The van der Waals surface area contributed by atoms with Crippen LogP contribution in [0.2, 0.25) is 0 Å². The number of aliphatic hydroxyl groups excluding tert-OH is 1. The van der Waals surface area contributed by atoms with Crippen LogP contribution in [0.3, 0.4) is 0 Å². The number of hydrogen-bond acceptors (Lipinski definition) is 6. The third kappa shape index (κ3) is 7.81. The first-order chi connectivity index (χ1) is 14.6. The van der Waals surface area contributed by atoms with E-state index < -0.39 is 17.3 Å². The maximum absolute atomic E-state index is 12.3. The van der Waals surface area contributed by atoms with Crippen LogP contribution in [0.4, 0.5) is 0 Å². The van der Waals surface area contributed by atoms with Crippen LogP contribution in [0.15, 0.2) is 63.1 Å². The molecule has 6 nitrogen and oxygen atoms in total. The maximum Gasteiger partial charge on any atom is 0.343 e. The molecule has 2 aromatic rings. The van der Waals surface area contributed by atoms with Crippen molar-refractivity contribution in [3.05, 3.63) is 69.9 Å². The van der Waals surface area contributed by atoms with Gasteiger partial charge in [0.15, 0.2) is 0 Å².